The van der Waals surface area contributed by atoms with Crippen molar-refractivity contribution in [2.24, 2.45) is 11.7 Å². The van der Waals surface area contributed by atoms with Crippen molar-refractivity contribution < 1.29 is 4.74 Å². The number of hydrogen-bond acceptors (Lipinski definition) is 2. The summed E-state index contributed by atoms with van der Waals surface area (Å²) in [6, 6.07) is 0.154. The number of nitrogens with two attached hydrogens (primary N) is 1. The van der Waals surface area contributed by atoms with Crippen LogP contribution in [0.1, 0.15) is 27.7 Å². The van der Waals surface area contributed by atoms with Crippen molar-refractivity contribution in [3.8, 4) is 0 Å². The van der Waals surface area contributed by atoms with Crippen molar-refractivity contribution in [3.63, 3.8) is 0 Å². The molecule has 0 radical (unpaired) electrons. The van der Waals surface area contributed by atoms with E-state index in [1.807, 2.05) is 6.92 Å². The van der Waals surface area contributed by atoms with E-state index < -0.39 is 0 Å². The summed E-state index contributed by atoms with van der Waals surface area (Å²) in [4.78, 5) is 0. The van der Waals surface area contributed by atoms with Gasteiger partial charge in [-0.1, -0.05) is 13.8 Å². The second kappa shape index (κ2) is 4.69. The minimum absolute atomic E-state index is 0.154. The smallest absolute Gasteiger partial charge is 0.0618 e. The molecule has 0 saturated heterocycles. The number of rotatable bonds is 4. The summed E-state index contributed by atoms with van der Waals surface area (Å²) in [6.45, 7) is 8.98. The molecular weight excluding hydrogens is 126 g/mol. The summed E-state index contributed by atoms with van der Waals surface area (Å²) in [7, 11) is 0. The van der Waals surface area contributed by atoms with Crippen LogP contribution < -0.4 is 5.73 Å². The van der Waals surface area contributed by atoms with Gasteiger partial charge in [0.15, 0.2) is 0 Å². The first-order valence-electron chi connectivity index (χ1n) is 3.91. The molecule has 62 valence electrons. The first-order chi connectivity index (χ1) is 4.54. The molecule has 0 saturated carbocycles. The minimum atomic E-state index is 0.154. The topological polar surface area (TPSA) is 35.2 Å². The molecule has 2 unspecified atom stereocenters. The Morgan fingerprint density at radius 3 is 2.00 bits per heavy atom. The summed E-state index contributed by atoms with van der Waals surface area (Å²) in [5.41, 5.74) is 5.52. The SMILES string of the molecule is CC(N)COC(C)C(C)C. The maximum atomic E-state index is 5.52. The summed E-state index contributed by atoms with van der Waals surface area (Å²) in [5.74, 6) is 0.582. The van der Waals surface area contributed by atoms with E-state index in [1.54, 1.807) is 0 Å². The average Bonchev–Trinajstić information content (AvgIpc) is 1.82. The first-order valence-corrected chi connectivity index (χ1v) is 3.91. The Kier molecular flexibility index (Phi) is 4.65. The third kappa shape index (κ3) is 4.77. The van der Waals surface area contributed by atoms with E-state index in [9.17, 15) is 0 Å². The summed E-state index contributed by atoms with van der Waals surface area (Å²) in [6.07, 6.45) is 0.325. The zero-order valence-corrected chi connectivity index (χ0v) is 7.42. The predicted molar refractivity (Wildman–Crippen MR) is 43.9 cm³/mol. The Labute approximate surface area is 63.7 Å². The summed E-state index contributed by atoms with van der Waals surface area (Å²) >= 11 is 0. The molecule has 10 heavy (non-hydrogen) atoms. The Hall–Kier alpha value is -0.0800. The molecule has 0 spiro atoms. The van der Waals surface area contributed by atoms with E-state index >= 15 is 0 Å². The quantitative estimate of drug-likeness (QED) is 0.649. The lowest BCUT2D eigenvalue weighted by molar-refractivity contribution is 0.0296. The third-order valence-corrected chi connectivity index (χ3v) is 1.56. The monoisotopic (exact) mass is 145 g/mol. The van der Waals surface area contributed by atoms with Gasteiger partial charge in [-0.15, -0.1) is 0 Å². The maximum absolute atomic E-state index is 5.52. The van der Waals surface area contributed by atoms with Crippen LogP contribution in [0.4, 0.5) is 0 Å². The van der Waals surface area contributed by atoms with Crippen LogP contribution >= 0.6 is 0 Å². The molecule has 2 N–H and O–H groups in total. The largest absolute Gasteiger partial charge is 0.377 e. The average molecular weight is 145 g/mol. The van der Waals surface area contributed by atoms with Crippen molar-refractivity contribution in [2.75, 3.05) is 6.61 Å². The molecule has 0 aliphatic carbocycles. The molecule has 0 amide bonds. The van der Waals surface area contributed by atoms with Crippen LogP contribution in [0.5, 0.6) is 0 Å². The highest BCUT2D eigenvalue weighted by atomic mass is 16.5. The van der Waals surface area contributed by atoms with Crippen LogP contribution in [0, 0.1) is 5.92 Å². The molecule has 2 atom stereocenters. The highest BCUT2D eigenvalue weighted by molar-refractivity contribution is 4.57. The van der Waals surface area contributed by atoms with E-state index in [4.69, 9.17) is 10.5 Å². The van der Waals surface area contributed by atoms with Gasteiger partial charge in [-0.3, -0.25) is 0 Å². The molecule has 2 nitrogen and oxygen atoms in total. The molecule has 0 bridgehead atoms. The fourth-order valence-electron chi connectivity index (χ4n) is 0.496. The lowest BCUT2D eigenvalue weighted by Gasteiger charge is -2.17. The molecule has 0 aromatic carbocycles. The zero-order valence-electron chi connectivity index (χ0n) is 7.42. The second-order valence-corrected chi connectivity index (χ2v) is 3.26. The maximum Gasteiger partial charge on any atom is 0.0618 e. The highest BCUT2D eigenvalue weighted by Crippen LogP contribution is 2.04. The fourth-order valence-corrected chi connectivity index (χ4v) is 0.496. The van der Waals surface area contributed by atoms with Crippen LogP contribution in [-0.2, 0) is 4.74 Å². The van der Waals surface area contributed by atoms with Crippen LogP contribution in [0.3, 0.4) is 0 Å². The molecule has 0 heterocycles. The van der Waals surface area contributed by atoms with Crippen LogP contribution in [0.25, 0.3) is 0 Å². The normalized spacial score (nSPS) is 17.4. The van der Waals surface area contributed by atoms with Crippen molar-refractivity contribution in [1.82, 2.24) is 0 Å². The van der Waals surface area contributed by atoms with Gasteiger partial charge in [-0.05, 0) is 19.8 Å². The molecular formula is C8H19NO. The Morgan fingerprint density at radius 2 is 1.70 bits per heavy atom. The van der Waals surface area contributed by atoms with Crippen molar-refractivity contribution in [1.29, 1.82) is 0 Å². The molecule has 2 heteroatoms. The highest BCUT2D eigenvalue weighted by Gasteiger charge is 2.07. The summed E-state index contributed by atoms with van der Waals surface area (Å²) < 4.78 is 5.44. The Morgan fingerprint density at radius 1 is 1.20 bits per heavy atom. The number of ether oxygens (including phenoxy) is 1. The Balaban J connectivity index is 3.30. The predicted octanol–water partition coefficient (Wildman–Crippen LogP) is 1.39. The minimum Gasteiger partial charge on any atom is -0.377 e. The van der Waals surface area contributed by atoms with Gasteiger partial charge in [-0.25, -0.2) is 0 Å². The molecule has 0 aromatic rings. The van der Waals surface area contributed by atoms with Gasteiger partial charge in [0.05, 0.1) is 12.7 Å². The van der Waals surface area contributed by atoms with Crippen molar-refractivity contribution in [2.45, 2.75) is 39.8 Å². The van der Waals surface area contributed by atoms with E-state index in [1.165, 1.54) is 0 Å². The molecule has 0 rings (SSSR count). The molecule has 0 aliphatic heterocycles. The molecule has 0 aromatic heterocycles. The first kappa shape index (κ1) is 9.92. The molecule has 0 fully saturated rings. The van der Waals surface area contributed by atoms with Crippen LogP contribution in [0.2, 0.25) is 0 Å². The zero-order chi connectivity index (χ0) is 8.15. The van der Waals surface area contributed by atoms with E-state index in [-0.39, 0.29) is 6.04 Å². The molecule has 0 aliphatic rings. The van der Waals surface area contributed by atoms with Gasteiger partial charge in [0.25, 0.3) is 0 Å². The fraction of sp³-hybridized carbons (Fsp3) is 1.00. The van der Waals surface area contributed by atoms with Gasteiger partial charge in [0.2, 0.25) is 0 Å². The van der Waals surface area contributed by atoms with Crippen LogP contribution in [0.15, 0.2) is 0 Å². The van der Waals surface area contributed by atoms with Crippen molar-refractivity contribution in [3.05, 3.63) is 0 Å². The van der Waals surface area contributed by atoms with Crippen LogP contribution in [-0.4, -0.2) is 18.8 Å². The van der Waals surface area contributed by atoms with Gasteiger partial charge >= 0.3 is 0 Å². The Bertz CT molecular complexity index is 81.3. The lowest BCUT2D eigenvalue weighted by atomic mass is 10.1. The van der Waals surface area contributed by atoms with Crippen molar-refractivity contribution >= 4 is 0 Å². The van der Waals surface area contributed by atoms with E-state index in [2.05, 4.69) is 20.8 Å². The second-order valence-electron chi connectivity index (χ2n) is 3.26. The van der Waals surface area contributed by atoms with E-state index in [0.717, 1.165) is 0 Å². The lowest BCUT2D eigenvalue weighted by Crippen LogP contribution is -2.26. The van der Waals surface area contributed by atoms with Gasteiger partial charge < -0.3 is 10.5 Å². The number of hydrogen-bond donors (Lipinski definition) is 1. The summed E-state index contributed by atoms with van der Waals surface area (Å²) in [5, 5.41) is 0. The van der Waals surface area contributed by atoms with Gasteiger partial charge in [-0.2, -0.15) is 0 Å². The van der Waals surface area contributed by atoms with Gasteiger partial charge in [0.1, 0.15) is 0 Å². The van der Waals surface area contributed by atoms with Gasteiger partial charge in [0, 0.05) is 6.04 Å². The van der Waals surface area contributed by atoms with E-state index in [0.29, 0.717) is 18.6 Å². The third-order valence-electron chi connectivity index (χ3n) is 1.56. The standard InChI is InChI=1S/C8H19NO/c1-6(2)8(4)10-5-7(3)9/h6-8H,5,9H2,1-4H3.